The molecule has 1 fully saturated rings. The van der Waals surface area contributed by atoms with Crippen LogP contribution in [0.3, 0.4) is 0 Å². The molecule has 0 unspecified atom stereocenters. The number of carboxylic acid groups (broad SMARTS) is 1. The van der Waals surface area contributed by atoms with E-state index in [0.29, 0.717) is 18.8 Å². The molecule has 0 amide bonds. The molecule has 0 saturated heterocycles. The average Bonchev–Trinajstić information content (AvgIpc) is 2.31. The minimum absolute atomic E-state index is 0.464. The lowest BCUT2D eigenvalue weighted by molar-refractivity contribution is -0.144. The number of aryl methyl sites for hydroxylation is 1. The molecule has 0 heterocycles. The third kappa shape index (κ3) is 2.50. The molecule has 1 aromatic rings. The first-order valence-corrected chi connectivity index (χ1v) is 6.10. The molecule has 92 valence electrons. The van der Waals surface area contributed by atoms with E-state index in [-0.39, 0.29) is 0 Å². The highest BCUT2D eigenvalue weighted by molar-refractivity contribution is 5.78. The van der Waals surface area contributed by atoms with Crippen LogP contribution in [0, 0.1) is 6.92 Å². The van der Waals surface area contributed by atoms with Crippen LogP contribution in [0.5, 0.6) is 0 Å². The van der Waals surface area contributed by atoms with Crippen LogP contribution in [0.4, 0.5) is 0 Å². The molecule has 0 bridgehead atoms. The number of hydrogen-bond acceptors (Lipinski definition) is 2. The zero-order valence-electron chi connectivity index (χ0n) is 10.1. The smallest absolute Gasteiger partial charge is 0.323 e. The zero-order valence-corrected chi connectivity index (χ0v) is 10.1. The Labute approximate surface area is 102 Å². The fraction of sp³-hybridized carbons (Fsp3) is 0.500. The first kappa shape index (κ1) is 12.1. The first-order chi connectivity index (χ1) is 8.01. The van der Waals surface area contributed by atoms with Gasteiger partial charge in [0.25, 0.3) is 0 Å². The van der Waals surface area contributed by atoms with E-state index in [1.807, 2.05) is 0 Å². The Morgan fingerprint density at radius 3 is 2.29 bits per heavy atom. The van der Waals surface area contributed by atoms with Crippen LogP contribution in [-0.4, -0.2) is 16.6 Å². The van der Waals surface area contributed by atoms with Gasteiger partial charge in [-0.05, 0) is 44.1 Å². The maximum atomic E-state index is 11.0. The molecule has 2 rings (SSSR count). The van der Waals surface area contributed by atoms with E-state index in [4.69, 9.17) is 10.8 Å². The Balaban J connectivity index is 2.04. The molecule has 0 atom stereocenters. The van der Waals surface area contributed by atoms with Gasteiger partial charge in [0, 0.05) is 0 Å². The Bertz CT molecular complexity index is 403. The summed E-state index contributed by atoms with van der Waals surface area (Å²) in [6, 6.07) is 8.50. The van der Waals surface area contributed by atoms with Crippen molar-refractivity contribution in [2.45, 2.75) is 44.1 Å². The molecule has 0 aliphatic heterocycles. The third-order valence-corrected chi connectivity index (χ3v) is 3.85. The van der Waals surface area contributed by atoms with Crippen LogP contribution in [0.2, 0.25) is 0 Å². The summed E-state index contributed by atoms with van der Waals surface area (Å²) in [6.07, 6.45) is 2.87. The molecule has 1 aliphatic carbocycles. The van der Waals surface area contributed by atoms with Gasteiger partial charge in [0.1, 0.15) is 5.54 Å². The van der Waals surface area contributed by atoms with Crippen molar-refractivity contribution in [3.05, 3.63) is 35.4 Å². The highest BCUT2D eigenvalue weighted by Gasteiger charge is 2.38. The van der Waals surface area contributed by atoms with Crippen LogP contribution in [0.15, 0.2) is 24.3 Å². The normalized spacial score (nSPS) is 28.9. The second-order valence-electron chi connectivity index (χ2n) is 5.15. The number of benzene rings is 1. The Kier molecular flexibility index (Phi) is 3.20. The Hall–Kier alpha value is -1.35. The van der Waals surface area contributed by atoms with Gasteiger partial charge in [-0.25, -0.2) is 0 Å². The summed E-state index contributed by atoms with van der Waals surface area (Å²) in [5.74, 6) is -0.397. The van der Waals surface area contributed by atoms with Gasteiger partial charge < -0.3 is 10.8 Å². The Morgan fingerprint density at radius 1 is 1.29 bits per heavy atom. The minimum Gasteiger partial charge on any atom is -0.480 e. The summed E-state index contributed by atoms with van der Waals surface area (Å²) in [7, 11) is 0. The van der Waals surface area contributed by atoms with Crippen molar-refractivity contribution in [1.29, 1.82) is 0 Å². The van der Waals surface area contributed by atoms with E-state index in [1.54, 1.807) is 0 Å². The highest BCUT2D eigenvalue weighted by atomic mass is 16.4. The predicted molar refractivity (Wildman–Crippen MR) is 66.9 cm³/mol. The number of nitrogens with two attached hydrogens (primary N) is 1. The average molecular weight is 233 g/mol. The number of rotatable bonds is 2. The van der Waals surface area contributed by atoms with Crippen molar-refractivity contribution in [2.24, 2.45) is 5.73 Å². The lowest BCUT2D eigenvalue weighted by Crippen LogP contribution is -2.50. The summed E-state index contributed by atoms with van der Waals surface area (Å²) in [4.78, 5) is 11.0. The fourth-order valence-corrected chi connectivity index (χ4v) is 2.52. The maximum Gasteiger partial charge on any atom is 0.323 e. The number of carboxylic acids is 1. The first-order valence-electron chi connectivity index (χ1n) is 6.10. The van der Waals surface area contributed by atoms with Crippen LogP contribution in [0.25, 0.3) is 0 Å². The summed E-state index contributed by atoms with van der Waals surface area (Å²) >= 11 is 0. The maximum absolute atomic E-state index is 11.0. The van der Waals surface area contributed by atoms with Gasteiger partial charge in [0.05, 0.1) is 0 Å². The molecule has 3 heteroatoms. The predicted octanol–water partition coefficient (Wildman–Crippen LogP) is 2.43. The second-order valence-corrected chi connectivity index (χ2v) is 5.15. The van der Waals surface area contributed by atoms with Gasteiger partial charge >= 0.3 is 5.97 Å². The van der Waals surface area contributed by atoms with Gasteiger partial charge in [-0.15, -0.1) is 0 Å². The van der Waals surface area contributed by atoms with Crippen LogP contribution in [-0.2, 0) is 4.79 Å². The van der Waals surface area contributed by atoms with E-state index < -0.39 is 11.5 Å². The van der Waals surface area contributed by atoms with E-state index >= 15 is 0 Å². The molecule has 17 heavy (non-hydrogen) atoms. The SMILES string of the molecule is Cc1ccc(C2CCC(N)(C(=O)O)CC2)cc1. The summed E-state index contributed by atoms with van der Waals surface area (Å²) < 4.78 is 0. The monoisotopic (exact) mass is 233 g/mol. The number of aliphatic carboxylic acids is 1. The van der Waals surface area contributed by atoms with Crippen molar-refractivity contribution < 1.29 is 9.90 Å². The van der Waals surface area contributed by atoms with Crippen molar-refractivity contribution in [2.75, 3.05) is 0 Å². The van der Waals surface area contributed by atoms with Crippen molar-refractivity contribution in [1.82, 2.24) is 0 Å². The summed E-state index contributed by atoms with van der Waals surface area (Å²) in [6.45, 7) is 2.07. The van der Waals surface area contributed by atoms with Crippen molar-refractivity contribution in [3.63, 3.8) is 0 Å². The van der Waals surface area contributed by atoms with Gasteiger partial charge in [0.2, 0.25) is 0 Å². The van der Waals surface area contributed by atoms with Gasteiger partial charge in [-0.1, -0.05) is 29.8 Å². The minimum atomic E-state index is -0.999. The van der Waals surface area contributed by atoms with Crippen molar-refractivity contribution in [3.8, 4) is 0 Å². The largest absolute Gasteiger partial charge is 0.480 e. The lowest BCUT2D eigenvalue weighted by Gasteiger charge is -2.33. The van der Waals surface area contributed by atoms with Crippen LogP contribution in [0.1, 0.15) is 42.7 Å². The molecular formula is C14H19NO2. The molecule has 1 aliphatic rings. The summed E-state index contributed by atoms with van der Waals surface area (Å²) in [5, 5.41) is 9.07. The molecular weight excluding hydrogens is 214 g/mol. The van der Waals surface area contributed by atoms with E-state index in [2.05, 4.69) is 31.2 Å². The Morgan fingerprint density at radius 2 is 1.82 bits per heavy atom. The molecule has 0 aromatic heterocycles. The van der Waals surface area contributed by atoms with E-state index in [0.717, 1.165) is 12.8 Å². The van der Waals surface area contributed by atoms with Crippen molar-refractivity contribution >= 4 is 5.97 Å². The molecule has 1 saturated carbocycles. The second kappa shape index (κ2) is 4.49. The molecule has 3 N–H and O–H groups in total. The van der Waals surface area contributed by atoms with Crippen LogP contribution >= 0.6 is 0 Å². The van der Waals surface area contributed by atoms with Gasteiger partial charge in [-0.2, -0.15) is 0 Å². The van der Waals surface area contributed by atoms with Gasteiger partial charge in [-0.3, -0.25) is 4.79 Å². The topological polar surface area (TPSA) is 63.3 Å². The highest BCUT2D eigenvalue weighted by Crippen LogP contribution is 2.36. The fourth-order valence-electron chi connectivity index (χ4n) is 2.52. The quantitative estimate of drug-likeness (QED) is 0.824. The van der Waals surface area contributed by atoms with Crippen LogP contribution < -0.4 is 5.73 Å². The molecule has 3 nitrogen and oxygen atoms in total. The molecule has 0 radical (unpaired) electrons. The standard InChI is InChI=1S/C14H19NO2/c1-10-2-4-11(5-3-10)12-6-8-14(15,9-7-12)13(16)17/h2-5,12H,6-9,15H2,1H3,(H,16,17). The van der Waals surface area contributed by atoms with Gasteiger partial charge in [0.15, 0.2) is 0 Å². The number of hydrogen-bond donors (Lipinski definition) is 2. The molecule has 1 aromatic carbocycles. The zero-order chi connectivity index (χ0) is 12.5. The number of carbonyl (C=O) groups is 1. The third-order valence-electron chi connectivity index (χ3n) is 3.85. The van der Waals surface area contributed by atoms with E-state index in [1.165, 1.54) is 11.1 Å². The lowest BCUT2D eigenvalue weighted by atomic mass is 9.74. The van der Waals surface area contributed by atoms with E-state index in [9.17, 15) is 4.79 Å². The molecule has 0 spiro atoms. The summed E-state index contributed by atoms with van der Waals surface area (Å²) in [5.41, 5.74) is 7.43.